The molecule has 0 radical (unpaired) electrons. The Morgan fingerprint density at radius 3 is 2.48 bits per heavy atom. The fraction of sp³-hybridized carbons (Fsp3) is 0.333. The average Bonchev–Trinajstić information content (AvgIpc) is 2.91. The zero-order chi connectivity index (χ0) is 15.2. The third-order valence-electron chi connectivity index (χ3n) is 3.02. The van der Waals surface area contributed by atoms with Crippen LogP contribution in [0.3, 0.4) is 0 Å². The van der Waals surface area contributed by atoms with Gasteiger partial charge in [0, 0.05) is 10.5 Å². The van der Waals surface area contributed by atoms with Crippen molar-refractivity contribution in [2.45, 2.75) is 31.0 Å². The molecule has 1 N–H and O–H groups in total. The second-order valence-corrected chi connectivity index (χ2v) is 6.49. The highest BCUT2D eigenvalue weighted by molar-refractivity contribution is 9.10. The van der Waals surface area contributed by atoms with Gasteiger partial charge in [-0.25, -0.2) is 0 Å². The van der Waals surface area contributed by atoms with Crippen LogP contribution in [0.1, 0.15) is 30.0 Å². The second-order valence-electron chi connectivity index (χ2n) is 4.59. The molecule has 114 valence electrons. The maximum absolute atomic E-state index is 12.1. The first kappa shape index (κ1) is 16.5. The molecule has 0 saturated heterocycles. The van der Waals surface area contributed by atoms with E-state index in [-0.39, 0.29) is 11.8 Å². The molecule has 1 atom stereocenters. The molecule has 0 fully saturated rings. The van der Waals surface area contributed by atoms with Crippen LogP contribution in [0.2, 0.25) is 0 Å². The summed E-state index contributed by atoms with van der Waals surface area (Å²) in [5.74, 6) is -0.841. The normalized spacial score (nSPS) is 12.8. The van der Waals surface area contributed by atoms with Gasteiger partial charge in [0.25, 0.3) is 5.76 Å². The summed E-state index contributed by atoms with van der Waals surface area (Å²) < 4.78 is 30.8. The maximum Gasteiger partial charge on any atom is 0.284 e. The monoisotopic (exact) mass is 375 g/mol. The minimum absolute atomic E-state index is 0.182. The molecular formula is C15H16BrF2NOS. The lowest BCUT2D eigenvalue weighted by atomic mass is 10.1. The van der Waals surface area contributed by atoms with Gasteiger partial charge in [0.1, 0.15) is 11.5 Å². The van der Waals surface area contributed by atoms with Gasteiger partial charge in [-0.05, 0) is 36.8 Å². The van der Waals surface area contributed by atoms with E-state index in [1.165, 1.54) is 5.56 Å². The molecule has 21 heavy (non-hydrogen) atoms. The summed E-state index contributed by atoms with van der Waals surface area (Å²) in [7, 11) is 0. The molecule has 0 bridgehead atoms. The number of nitrogens with one attached hydrogen (secondary N) is 1. The van der Waals surface area contributed by atoms with E-state index < -0.39 is 5.76 Å². The Morgan fingerprint density at radius 2 is 1.81 bits per heavy atom. The van der Waals surface area contributed by atoms with E-state index in [0.717, 1.165) is 10.2 Å². The van der Waals surface area contributed by atoms with Crippen LogP contribution in [0.5, 0.6) is 0 Å². The first-order valence-electron chi connectivity index (χ1n) is 6.51. The number of benzene rings is 1. The van der Waals surface area contributed by atoms with Crippen molar-refractivity contribution in [3.8, 4) is 0 Å². The predicted octanol–water partition coefficient (Wildman–Crippen LogP) is 5.35. The van der Waals surface area contributed by atoms with Gasteiger partial charge in [0.2, 0.25) is 0 Å². The average molecular weight is 376 g/mol. The van der Waals surface area contributed by atoms with Gasteiger partial charge in [-0.1, -0.05) is 39.8 Å². The third-order valence-corrected chi connectivity index (χ3v) is 4.25. The predicted molar refractivity (Wildman–Crippen MR) is 85.4 cm³/mol. The SMILES string of the molecule is C[C@@H](NCc1ccc(CSC(F)F)o1)c1ccc(Br)cc1. The molecule has 0 saturated carbocycles. The van der Waals surface area contributed by atoms with E-state index in [0.29, 0.717) is 24.1 Å². The van der Waals surface area contributed by atoms with E-state index in [1.807, 2.05) is 18.2 Å². The van der Waals surface area contributed by atoms with Crippen LogP contribution in [0.4, 0.5) is 8.78 Å². The molecule has 0 aliphatic rings. The van der Waals surface area contributed by atoms with E-state index in [4.69, 9.17) is 4.42 Å². The van der Waals surface area contributed by atoms with Crippen molar-refractivity contribution in [3.63, 3.8) is 0 Å². The summed E-state index contributed by atoms with van der Waals surface area (Å²) in [5.41, 5.74) is 1.18. The largest absolute Gasteiger partial charge is 0.464 e. The minimum atomic E-state index is -2.37. The van der Waals surface area contributed by atoms with E-state index in [1.54, 1.807) is 6.07 Å². The summed E-state index contributed by atoms with van der Waals surface area (Å²) in [4.78, 5) is 0. The molecule has 1 aromatic heterocycles. The lowest BCUT2D eigenvalue weighted by molar-refractivity contribution is 0.251. The zero-order valence-electron chi connectivity index (χ0n) is 11.5. The van der Waals surface area contributed by atoms with Gasteiger partial charge in [-0.2, -0.15) is 8.78 Å². The zero-order valence-corrected chi connectivity index (χ0v) is 13.9. The van der Waals surface area contributed by atoms with Crippen LogP contribution >= 0.6 is 27.7 Å². The van der Waals surface area contributed by atoms with E-state index in [2.05, 4.69) is 40.3 Å². The maximum atomic E-state index is 12.1. The highest BCUT2D eigenvalue weighted by atomic mass is 79.9. The Hall–Kier alpha value is -0.850. The Bertz CT molecular complexity index is 559. The molecule has 2 aromatic rings. The molecule has 0 spiro atoms. The molecule has 1 aromatic carbocycles. The van der Waals surface area contributed by atoms with Crippen LogP contribution in [0.15, 0.2) is 45.3 Å². The number of hydrogen-bond acceptors (Lipinski definition) is 3. The van der Waals surface area contributed by atoms with Crippen LogP contribution in [-0.4, -0.2) is 5.76 Å². The highest BCUT2D eigenvalue weighted by Gasteiger charge is 2.09. The van der Waals surface area contributed by atoms with Crippen molar-refractivity contribution in [2.24, 2.45) is 0 Å². The summed E-state index contributed by atoms with van der Waals surface area (Å²) in [6.45, 7) is 2.64. The third kappa shape index (κ3) is 5.45. The number of furan rings is 1. The fourth-order valence-electron chi connectivity index (χ4n) is 1.86. The van der Waals surface area contributed by atoms with Crippen LogP contribution in [0, 0.1) is 0 Å². The number of thioether (sulfide) groups is 1. The Balaban J connectivity index is 1.83. The number of halogens is 3. The quantitative estimate of drug-likeness (QED) is 0.705. The second kappa shape index (κ2) is 7.96. The molecule has 1 heterocycles. The summed E-state index contributed by atoms with van der Waals surface area (Å²) in [6, 6.07) is 11.9. The van der Waals surface area contributed by atoms with Crippen LogP contribution in [0.25, 0.3) is 0 Å². The van der Waals surface area contributed by atoms with Crippen molar-refractivity contribution in [1.29, 1.82) is 0 Å². The first-order valence-corrected chi connectivity index (χ1v) is 8.35. The van der Waals surface area contributed by atoms with Gasteiger partial charge in [0.15, 0.2) is 0 Å². The number of hydrogen-bond donors (Lipinski definition) is 1. The molecular weight excluding hydrogens is 360 g/mol. The molecule has 0 aliphatic heterocycles. The molecule has 0 amide bonds. The van der Waals surface area contributed by atoms with Crippen molar-refractivity contribution >= 4 is 27.7 Å². The molecule has 6 heteroatoms. The van der Waals surface area contributed by atoms with Crippen molar-refractivity contribution in [2.75, 3.05) is 0 Å². The Morgan fingerprint density at radius 1 is 1.14 bits per heavy atom. The topological polar surface area (TPSA) is 25.2 Å². The summed E-state index contributed by atoms with van der Waals surface area (Å²) >= 11 is 3.98. The van der Waals surface area contributed by atoms with Crippen LogP contribution in [-0.2, 0) is 12.3 Å². The standard InChI is InChI=1S/C15H16BrF2NOS/c1-10(11-2-4-12(16)5-3-11)19-8-13-6-7-14(20-13)9-21-15(17)18/h2-7,10,15,19H,8-9H2,1H3/t10-/m1/s1. The highest BCUT2D eigenvalue weighted by Crippen LogP contribution is 2.22. The smallest absolute Gasteiger partial charge is 0.284 e. The molecule has 2 rings (SSSR count). The molecule has 0 aliphatic carbocycles. The van der Waals surface area contributed by atoms with Gasteiger partial charge in [0.05, 0.1) is 12.3 Å². The van der Waals surface area contributed by atoms with Crippen molar-refractivity contribution < 1.29 is 13.2 Å². The van der Waals surface area contributed by atoms with Crippen LogP contribution < -0.4 is 5.32 Å². The Labute approximate surface area is 135 Å². The summed E-state index contributed by atoms with van der Waals surface area (Å²) in [6.07, 6.45) is 0. The van der Waals surface area contributed by atoms with Gasteiger partial charge >= 0.3 is 0 Å². The number of alkyl halides is 2. The lowest BCUT2D eigenvalue weighted by Gasteiger charge is -2.13. The van der Waals surface area contributed by atoms with Crippen molar-refractivity contribution in [3.05, 3.63) is 58.0 Å². The lowest BCUT2D eigenvalue weighted by Crippen LogP contribution is -2.17. The van der Waals surface area contributed by atoms with Gasteiger partial charge < -0.3 is 9.73 Å². The Kier molecular flexibility index (Phi) is 6.26. The van der Waals surface area contributed by atoms with Crippen molar-refractivity contribution in [1.82, 2.24) is 5.32 Å². The summed E-state index contributed by atoms with van der Waals surface area (Å²) in [5, 5.41) is 3.35. The van der Waals surface area contributed by atoms with Gasteiger partial charge in [-0.15, -0.1) is 0 Å². The first-order chi connectivity index (χ1) is 10.0. The van der Waals surface area contributed by atoms with E-state index >= 15 is 0 Å². The minimum Gasteiger partial charge on any atom is -0.464 e. The molecule has 2 nitrogen and oxygen atoms in total. The fourth-order valence-corrected chi connectivity index (χ4v) is 2.57. The van der Waals surface area contributed by atoms with E-state index in [9.17, 15) is 8.78 Å². The van der Waals surface area contributed by atoms with Gasteiger partial charge in [-0.3, -0.25) is 0 Å². The number of rotatable bonds is 7. The molecule has 0 unspecified atom stereocenters.